The second-order valence-corrected chi connectivity index (χ2v) is 3.46. The summed E-state index contributed by atoms with van der Waals surface area (Å²) in [5.41, 5.74) is 0.468. The van der Waals surface area contributed by atoms with Crippen molar-refractivity contribution in [2.45, 2.75) is 0 Å². The Morgan fingerprint density at radius 2 is 1.69 bits per heavy atom. The lowest BCUT2D eigenvalue weighted by Gasteiger charge is -2.15. The van der Waals surface area contributed by atoms with Crippen molar-refractivity contribution in [1.29, 1.82) is 0 Å². The molecule has 16 heavy (non-hydrogen) atoms. The number of rotatable bonds is 9. The molecular weight excluding hydrogens is 203 g/mol. The van der Waals surface area contributed by atoms with E-state index in [9.17, 15) is 0 Å². The molecule has 0 amide bonds. The van der Waals surface area contributed by atoms with Crippen molar-refractivity contribution in [3.63, 3.8) is 0 Å². The lowest BCUT2D eigenvalue weighted by Crippen LogP contribution is -2.20. The van der Waals surface area contributed by atoms with Gasteiger partial charge in [0, 0.05) is 20.1 Å². The number of ether oxygens (including phenoxy) is 3. The molecule has 0 fully saturated rings. The summed E-state index contributed by atoms with van der Waals surface area (Å²) in [6.07, 6.45) is 3.32. The largest absolute Gasteiger partial charge is 0.494 e. The van der Waals surface area contributed by atoms with Crippen LogP contribution < -0.4 is 0 Å². The summed E-state index contributed by atoms with van der Waals surface area (Å²) < 4.78 is 15.5. The summed E-state index contributed by atoms with van der Waals surface area (Å²) in [6, 6.07) is 0. The first-order chi connectivity index (χ1) is 7.60. The van der Waals surface area contributed by atoms with Crippen LogP contribution in [0.25, 0.3) is 0 Å². The molecule has 0 unspecified atom stereocenters. The molecule has 0 atom stereocenters. The first kappa shape index (κ1) is 15.0. The molecule has 0 aliphatic carbocycles. The number of methoxy groups -OCH3 is 2. The summed E-state index contributed by atoms with van der Waals surface area (Å²) in [6.45, 7) is 8.95. The average molecular weight is 222 g/mol. The molecule has 0 spiro atoms. The minimum Gasteiger partial charge on any atom is -0.494 e. The molecule has 0 aromatic heterocycles. The summed E-state index contributed by atoms with van der Waals surface area (Å²) in [5, 5.41) is 0. The van der Waals surface area contributed by atoms with Gasteiger partial charge in [0.05, 0.1) is 19.8 Å². The number of allylic oxidation sites excluding steroid dienone is 3. The van der Waals surface area contributed by atoms with E-state index < -0.39 is 0 Å². The summed E-state index contributed by atoms with van der Waals surface area (Å²) >= 11 is 0. The van der Waals surface area contributed by atoms with Gasteiger partial charge < -0.3 is 14.2 Å². The van der Waals surface area contributed by atoms with E-state index in [2.05, 4.69) is 13.2 Å². The molecule has 0 N–H and O–H groups in total. The van der Waals surface area contributed by atoms with Crippen molar-refractivity contribution in [1.82, 2.24) is 0 Å². The normalized spacial score (nSPS) is 10.9. The molecule has 0 aliphatic rings. The van der Waals surface area contributed by atoms with Gasteiger partial charge >= 0.3 is 0 Å². The lowest BCUT2D eigenvalue weighted by molar-refractivity contribution is 0.0425. The van der Waals surface area contributed by atoms with Gasteiger partial charge in [0.25, 0.3) is 0 Å². The zero-order valence-electron chi connectivity index (χ0n) is 10.1. The van der Waals surface area contributed by atoms with Gasteiger partial charge in [-0.15, -0.1) is 12.1 Å². The Bertz CT molecular complexity index is 243. The lowest BCUT2D eigenvalue weighted by atomic mass is 9.98. The monoisotopic (exact) mass is 222 g/mol. The molecule has 2 radical (unpaired) electrons. The predicted octanol–water partition coefficient (Wildman–Crippen LogP) is 1.66. The minimum atomic E-state index is 0.196. The van der Waals surface area contributed by atoms with Crippen LogP contribution in [0, 0.1) is 5.92 Å². The topological polar surface area (TPSA) is 27.7 Å². The third kappa shape index (κ3) is 8.32. The fraction of sp³-hybridized carbons (Fsp3) is 0.500. The SMILES string of the molecule is [B]C(=C)/C=C\C(=C)OCC(COC)COC. The van der Waals surface area contributed by atoms with Crippen LogP contribution in [-0.2, 0) is 14.2 Å². The van der Waals surface area contributed by atoms with Crippen molar-refractivity contribution >= 4 is 7.85 Å². The van der Waals surface area contributed by atoms with Crippen LogP contribution in [0.3, 0.4) is 0 Å². The summed E-state index contributed by atoms with van der Waals surface area (Å²) in [5.74, 6) is 0.741. The van der Waals surface area contributed by atoms with Gasteiger partial charge in [-0.2, -0.15) is 0 Å². The van der Waals surface area contributed by atoms with Gasteiger partial charge in [0.15, 0.2) is 0 Å². The average Bonchev–Trinajstić information content (AvgIpc) is 2.23. The highest BCUT2D eigenvalue weighted by atomic mass is 16.5. The third-order valence-corrected chi connectivity index (χ3v) is 1.79. The third-order valence-electron chi connectivity index (χ3n) is 1.79. The number of hydrogen-bond donors (Lipinski definition) is 0. The Hall–Kier alpha value is -0.995. The minimum absolute atomic E-state index is 0.196. The van der Waals surface area contributed by atoms with Gasteiger partial charge in [0.2, 0.25) is 0 Å². The van der Waals surface area contributed by atoms with Gasteiger partial charge in [-0.25, -0.2) is 0 Å². The first-order valence-electron chi connectivity index (χ1n) is 5.02. The molecule has 0 rings (SSSR count). The Labute approximate surface area is 99.2 Å². The van der Waals surface area contributed by atoms with Crippen molar-refractivity contribution < 1.29 is 14.2 Å². The molecule has 4 heteroatoms. The first-order valence-corrected chi connectivity index (χ1v) is 5.02. The van der Waals surface area contributed by atoms with E-state index in [1.54, 1.807) is 26.4 Å². The van der Waals surface area contributed by atoms with Crippen LogP contribution in [0.5, 0.6) is 0 Å². The fourth-order valence-electron chi connectivity index (χ4n) is 1.09. The molecule has 0 aromatic rings. The maximum Gasteiger partial charge on any atom is 0.112 e. The molecule has 88 valence electrons. The zero-order chi connectivity index (χ0) is 12.4. The maximum absolute atomic E-state index is 5.42. The van der Waals surface area contributed by atoms with Crippen molar-refractivity contribution in [2.24, 2.45) is 5.92 Å². The van der Waals surface area contributed by atoms with E-state index in [0.29, 0.717) is 31.1 Å². The van der Waals surface area contributed by atoms with Crippen LogP contribution in [0.1, 0.15) is 0 Å². The van der Waals surface area contributed by atoms with E-state index in [0.717, 1.165) is 0 Å². The van der Waals surface area contributed by atoms with Crippen LogP contribution in [0.2, 0.25) is 0 Å². The summed E-state index contributed by atoms with van der Waals surface area (Å²) in [7, 11) is 8.67. The van der Waals surface area contributed by atoms with Gasteiger partial charge in [-0.3, -0.25) is 0 Å². The van der Waals surface area contributed by atoms with Crippen LogP contribution in [0.15, 0.2) is 36.5 Å². The second-order valence-electron chi connectivity index (χ2n) is 3.46. The zero-order valence-corrected chi connectivity index (χ0v) is 10.1. The van der Waals surface area contributed by atoms with Gasteiger partial charge in [-0.05, 0) is 6.08 Å². The molecule has 0 aromatic carbocycles. The molecular formula is C12H19BO3. The molecule has 0 heterocycles. The summed E-state index contributed by atoms with van der Waals surface area (Å²) in [4.78, 5) is 0. The fourth-order valence-corrected chi connectivity index (χ4v) is 1.09. The molecule has 0 bridgehead atoms. The second kappa shape index (κ2) is 9.25. The Morgan fingerprint density at radius 3 is 2.12 bits per heavy atom. The molecule has 0 aliphatic heterocycles. The van der Waals surface area contributed by atoms with E-state index in [-0.39, 0.29) is 5.92 Å². The standard InChI is InChI=1S/C12H19BO3/c1-10(13)5-6-11(2)16-9-12(7-14-3)8-15-4/h5-6,12H,1-2,7-9H2,3-4H3/b6-5-. The van der Waals surface area contributed by atoms with Gasteiger partial charge in [-0.1, -0.05) is 12.7 Å². The highest BCUT2D eigenvalue weighted by Gasteiger charge is 2.08. The van der Waals surface area contributed by atoms with E-state index in [1.807, 2.05) is 0 Å². The van der Waals surface area contributed by atoms with Gasteiger partial charge in [0.1, 0.15) is 13.6 Å². The Morgan fingerprint density at radius 1 is 1.12 bits per heavy atom. The van der Waals surface area contributed by atoms with Crippen molar-refractivity contribution in [3.05, 3.63) is 36.5 Å². The molecule has 0 saturated heterocycles. The van der Waals surface area contributed by atoms with E-state index in [4.69, 9.17) is 22.1 Å². The Balaban J connectivity index is 3.90. The van der Waals surface area contributed by atoms with Crippen LogP contribution in [-0.4, -0.2) is 41.9 Å². The predicted molar refractivity (Wildman–Crippen MR) is 66.4 cm³/mol. The van der Waals surface area contributed by atoms with Crippen molar-refractivity contribution in [3.8, 4) is 0 Å². The molecule has 3 nitrogen and oxygen atoms in total. The van der Waals surface area contributed by atoms with Crippen LogP contribution >= 0.6 is 0 Å². The van der Waals surface area contributed by atoms with E-state index >= 15 is 0 Å². The highest BCUT2D eigenvalue weighted by molar-refractivity contribution is 6.23. The highest BCUT2D eigenvalue weighted by Crippen LogP contribution is 2.04. The van der Waals surface area contributed by atoms with Crippen molar-refractivity contribution in [2.75, 3.05) is 34.0 Å². The maximum atomic E-state index is 5.42. The number of hydrogen-bond acceptors (Lipinski definition) is 3. The Kier molecular flexibility index (Phi) is 8.67. The molecule has 0 saturated carbocycles. The van der Waals surface area contributed by atoms with Crippen LogP contribution in [0.4, 0.5) is 0 Å². The van der Waals surface area contributed by atoms with E-state index in [1.165, 1.54) is 0 Å². The quantitative estimate of drug-likeness (QED) is 0.337. The smallest absolute Gasteiger partial charge is 0.112 e.